The number of nitrogens with zero attached hydrogens (tertiary/aromatic N) is 1. The molecule has 0 atom stereocenters. The van der Waals surface area contributed by atoms with Crippen molar-refractivity contribution in [3.05, 3.63) is 48.3 Å². The maximum absolute atomic E-state index is 11.3. The molecule has 0 bridgehead atoms. The van der Waals surface area contributed by atoms with Crippen LogP contribution in [0.5, 0.6) is 5.75 Å². The van der Waals surface area contributed by atoms with Crippen LogP contribution in [0.1, 0.15) is 10.5 Å². The number of ether oxygens (including phenoxy) is 2. The van der Waals surface area contributed by atoms with E-state index >= 15 is 0 Å². The van der Waals surface area contributed by atoms with Gasteiger partial charge in [-0.05, 0) is 12.1 Å². The number of carbonyl (C=O) groups is 1. The van der Waals surface area contributed by atoms with Gasteiger partial charge in [-0.1, -0.05) is 24.3 Å². The number of pyridine rings is 1. The lowest BCUT2D eigenvalue weighted by atomic mass is 10.1. The summed E-state index contributed by atoms with van der Waals surface area (Å²) in [4.78, 5) is 15.3. The number of hydrogen-bond donors (Lipinski definition) is 0. The van der Waals surface area contributed by atoms with Crippen molar-refractivity contribution in [2.24, 2.45) is 0 Å². The van der Waals surface area contributed by atoms with Gasteiger partial charge in [-0.2, -0.15) is 0 Å². The van der Waals surface area contributed by atoms with Gasteiger partial charge in [0.2, 0.25) is 0 Å². The molecule has 0 aliphatic carbocycles. The van der Waals surface area contributed by atoms with Gasteiger partial charge in [0, 0.05) is 17.3 Å². The molecule has 4 nitrogen and oxygen atoms in total. The van der Waals surface area contributed by atoms with Crippen LogP contribution in [0.4, 0.5) is 0 Å². The van der Waals surface area contributed by atoms with Crippen LogP contribution in [-0.2, 0) is 4.74 Å². The highest BCUT2D eigenvalue weighted by Gasteiger charge is 2.09. The zero-order chi connectivity index (χ0) is 13.0. The molecular weight excluding hydrogens is 230 g/mol. The third-order valence-electron chi connectivity index (χ3n) is 2.58. The summed E-state index contributed by atoms with van der Waals surface area (Å²) in [5.74, 6) is 0.326. The fourth-order valence-electron chi connectivity index (χ4n) is 1.66. The van der Waals surface area contributed by atoms with E-state index < -0.39 is 5.97 Å². The lowest BCUT2D eigenvalue weighted by molar-refractivity contribution is 0.0594. The fourth-order valence-corrected chi connectivity index (χ4v) is 1.66. The second-order valence-corrected chi connectivity index (χ2v) is 3.62. The molecule has 0 amide bonds. The van der Waals surface area contributed by atoms with Crippen molar-refractivity contribution >= 4 is 5.97 Å². The first-order chi connectivity index (χ1) is 8.76. The Balaban J connectivity index is 2.37. The van der Waals surface area contributed by atoms with E-state index in [4.69, 9.17) is 4.74 Å². The molecule has 0 saturated heterocycles. The zero-order valence-corrected chi connectivity index (χ0v) is 10.2. The highest BCUT2D eigenvalue weighted by atomic mass is 16.5. The molecule has 4 heteroatoms. The molecule has 0 aliphatic rings. The normalized spacial score (nSPS) is 9.89. The van der Waals surface area contributed by atoms with Crippen molar-refractivity contribution in [1.82, 2.24) is 4.98 Å². The molecule has 0 N–H and O–H groups in total. The number of hydrogen-bond acceptors (Lipinski definition) is 4. The first-order valence-corrected chi connectivity index (χ1v) is 5.44. The zero-order valence-electron chi connectivity index (χ0n) is 10.2. The Morgan fingerprint density at radius 1 is 1.11 bits per heavy atom. The van der Waals surface area contributed by atoms with Crippen molar-refractivity contribution in [1.29, 1.82) is 0 Å². The van der Waals surface area contributed by atoms with E-state index in [9.17, 15) is 4.79 Å². The van der Waals surface area contributed by atoms with Gasteiger partial charge in [-0.25, -0.2) is 9.78 Å². The van der Waals surface area contributed by atoms with Gasteiger partial charge < -0.3 is 9.47 Å². The number of carbonyl (C=O) groups excluding carboxylic acids is 1. The highest BCUT2D eigenvalue weighted by molar-refractivity contribution is 5.87. The molecule has 1 heterocycles. The lowest BCUT2D eigenvalue weighted by Gasteiger charge is -2.08. The second kappa shape index (κ2) is 5.31. The summed E-state index contributed by atoms with van der Waals surface area (Å²) in [5.41, 5.74) is 2.11. The molecule has 0 saturated carbocycles. The minimum atomic E-state index is -0.443. The molecule has 1 aromatic heterocycles. The Bertz CT molecular complexity index is 549. The summed E-state index contributed by atoms with van der Waals surface area (Å²) in [6, 6.07) is 11.1. The molecule has 2 aromatic rings. The Morgan fingerprint density at radius 3 is 2.50 bits per heavy atom. The molecule has 92 valence electrons. The standard InChI is InChI=1S/C14H13NO3/c1-17-13-6-4-3-5-11(13)10-7-8-12(15-9-10)14(16)18-2/h3-9H,1-2H3. The van der Waals surface area contributed by atoms with Crippen LogP contribution in [-0.4, -0.2) is 25.2 Å². The van der Waals surface area contributed by atoms with Crippen molar-refractivity contribution in [2.75, 3.05) is 14.2 Å². The monoisotopic (exact) mass is 243 g/mol. The van der Waals surface area contributed by atoms with E-state index in [0.29, 0.717) is 0 Å². The van der Waals surface area contributed by atoms with Crippen molar-refractivity contribution < 1.29 is 14.3 Å². The van der Waals surface area contributed by atoms with E-state index in [2.05, 4.69) is 9.72 Å². The van der Waals surface area contributed by atoms with Crippen LogP contribution >= 0.6 is 0 Å². The van der Waals surface area contributed by atoms with Crippen molar-refractivity contribution in [2.45, 2.75) is 0 Å². The molecule has 1 aromatic carbocycles. The van der Waals surface area contributed by atoms with Crippen LogP contribution in [0, 0.1) is 0 Å². The Hall–Kier alpha value is -2.36. The molecule has 2 rings (SSSR count). The maximum atomic E-state index is 11.3. The number of benzene rings is 1. The molecular formula is C14H13NO3. The quantitative estimate of drug-likeness (QED) is 0.777. The number of methoxy groups -OCH3 is 2. The topological polar surface area (TPSA) is 48.4 Å². The van der Waals surface area contributed by atoms with E-state index in [1.54, 1.807) is 19.4 Å². The van der Waals surface area contributed by atoms with E-state index in [1.165, 1.54) is 7.11 Å². The van der Waals surface area contributed by atoms with E-state index in [1.807, 2.05) is 30.3 Å². The number of esters is 1. The molecule has 18 heavy (non-hydrogen) atoms. The largest absolute Gasteiger partial charge is 0.496 e. The van der Waals surface area contributed by atoms with E-state index in [-0.39, 0.29) is 5.69 Å². The summed E-state index contributed by atoms with van der Waals surface area (Å²) in [6.07, 6.45) is 1.63. The summed E-state index contributed by atoms with van der Waals surface area (Å²) in [6.45, 7) is 0. The Kier molecular flexibility index (Phi) is 3.57. The van der Waals surface area contributed by atoms with Gasteiger partial charge in [0.1, 0.15) is 11.4 Å². The lowest BCUT2D eigenvalue weighted by Crippen LogP contribution is -2.03. The van der Waals surface area contributed by atoms with Crippen LogP contribution in [0.25, 0.3) is 11.1 Å². The Morgan fingerprint density at radius 2 is 1.89 bits per heavy atom. The first-order valence-electron chi connectivity index (χ1n) is 5.44. The van der Waals surface area contributed by atoms with E-state index in [0.717, 1.165) is 16.9 Å². The minimum absolute atomic E-state index is 0.288. The second-order valence-electron chi connectivity index (χ2n) is 3.62. The smallest absolute Gasteiger partial charge is 0.356 e. The summed E-state index contributed by atoms with van der Waals surface area (Å²) in [5, 5.41) is 0. The van der Waals surface area contributed by atoms with Crippen LogP contribution in [0.3, 0.4) is 0 Å². The van der Waals surface area contributed by atoms with Gasteiger partial charge in [0.25, 0.3) is 0 Å². The minimum Gasteiger partial charge on any atom is -0.496 e. The van der Waals surface area contributed by atoms with Crippen molar-refractivity contribution in [3.8, 4) is 16.9 Å². The number of para-hydroxylation sites is 1. The van der Waals surface area contributed by atoms with Crippen LogP contribution in [0.15, 0.2) is 42.6 Å². The summed E-state index contributed by atoms with van der Waals surface area (Å²) in [7, 11) is 2.95. The van der Waals surface area contributed by atoms with Crippen molar-refractivity contribution in [3.63, 3.8) is 0 Å². The Labute approximate surface area is 105 Å². The fraction of sp³-hybridized carbons (Fsp3) is 0.143. The molecule has 0 spiro atoms. The van der Waals surface area contributed by atoms with Crippen LogP contribution < -0.4 is 4.74 Å². The van der Waals surface area contributed by atoms with Gasteiger partial charge in [-0.15, -0.1) is 0 Å². The van der Waals surface area contributed by atoms with Gasteiger partial charge in [0.15, 0.2) is 0 Å². The van der Waals surface area contributed by atoms with Gasteiger partial charge >= 0.3 is 5.97 Å². The summed E-state index contributed by atoms with van der Waals surface area (Å²) >= 11 is 0. The molecule has 0 aliphatic heterocycles. The molecule has 0 radical (unpaired) electrons. The summed E-state index contributed by atoms with van der Waals surface area (Å²) < 4.78 is 9.88. The van der Waals surface area contributed by atoms with Gasteiger partial charge in [-0.3, -0.25) is 0 Å². The maximum Gasteiger partial charge on any atom is 0.356 e. The highest BCUT2D eigenvalue weighted by Crippen LogP contribution is 2.28. The molecule has 0 unspecified atom stereocenters. The average molecular weight is 243 g/mol. The SMILES string of the molecule is COC(=O)c1ccc(-c2ccccc2OC)cn1. The first kappa shape index (κ1) is 12.1. The molecule has 0 fully saturated rings. The van der Waals surface area contributed by atoms with Crippen LogP contribution in [0.2, 0.25) is 0 Å². The third kappa shape index (κ3) is 2.32. The number of aromatic nitrogens is 1. The third-order valence-corrected chi connectivity index (χ3v) is 2.58. The number of rotatable bonds is 3. The average Bonchev–Trinajstić information content (AvgIpc) is 2.46. The van der Waals surface area contributed by atoms with Gasteiger partial charge in [0.05, 0.1) is 14.2 Å². The predicted molar refractivity (Wildman–Crippen MR) is 67.6 cm³/mol. The predicted octanol–water partition coefficient (Wildman–Crippen LogP) is 2.54.